The lowest BCUT2D eigenvalue weighted by Gasteiger charge is -2.09. The van der Waals surface area contributed by atoms with Crippen molar-refractivity contribution < 1.29 is 9.00 Å². The molecule has 3 nitrogen and oxygen atoms in total. The van der Waals surface area contributed by atoms with Crippen LogP contribution < -0.4 is 0 Å². The van der Waals surface area contributed by atoms with Gasteiger partial charge in [-0.25, -0.2) is 4.21 Å². The zero-order chi connectivity index (χ0) is 14.7. The van der Waals surface area contributed by atoms with Crippen LogP contribution in [0, 0.1) is 12.8 Å². The van der Waals surface area contributed by atoms with Gasteiger partial charge in [-0.1, -0.05) is 31.5 Å². The van der Waals surface area contributed by atoms with Gasteiger partial charge in [0.05, 0.1) is 0 Å². The number of aryl methyl sites for hydroxylation is 1. The maximum Gasteiger partial charge on any atom is 0.231 e. The normalized spacial score (nSPS) is 12.6. The first-order valence-corrected chi connectivity index (χ1v) is 7.83. The number of aromatic nitrogens is 1. The molecule has 106 valence electrons. The van der Waals surface area contributed by atoms with Crippen LogP contribution in [0.4, 0.5) is 0 Å². The molecule has 0 bridgehead atoms. The Balaban J connectivity index is 2.30. The molecule has 4 heteroatoms. The van der Waals surface area contributed by atoms with Gasteiger partial charge in [0, 0.05) is 17.5 Å². The molecule has 0 radical (unpaired) electrons. The Hall–Kier alpha value is -1.68. The fourth-order valence-electron chi connectivity index (χ4n) is 1.95. The van der Waals surface area contributed by atoms with E-state index in [1.165, 1.54) is 4.57 Å². The highest BCUT2D eigenvalue weighted by Crippen LogP contribution is 2.18. The molecule has 0 spiro atoms. The van der Waals surface area contributed by atoms with Crippen LogP contribution in [0.1, 0.15) is 30.6 Å². The topological polar surface area (TPSA) is 39.1 Å². The number of rotatable bonds is 4. The number of nitrogens with zero attached hydrogens (tertiary/aromatic N) is 1. The van der Waals surface area contributed by atoms with E-state index in [0.717, 1.165) is 5.56 Å². The van der Waals surface area contributed by atoms with Gasteiger partial charge in [-0.05, 0) is 37.1 Å². The van der Waals surface area contributed by atoms with Crippen LogP contribution in [0.3, 0.4) is 0 Å². The van der Waals surface area contributed by atoms with Crippen LogP contribution in [-0.2, 0) is 10.8 Å². The van der Waals surface area contributed by atoms with Crippen molar-refractivity contribution in [2.24, 2.45) is 5.92 Å². The van der Waals surface area contributed by atoms with E-state index in [4.69, 9.17) is 0 Å². The number of carbonyl (C=O) groups excluding carboxylic acids is 1. The van der Waals surface area contributed by atoms with Crippen molar-refractivity contribution in [2.45, 2.75) is 37.1 Å². The van der Waals surface area contributed by atoms with Gasteiger partial charge in [0.2, 0.25) is 5.91 Å². The van der Waals surface area contributed by atoms with Gasteiger partial charge in [-0.15, -0.1) is 0 Å². The maximum atomic E-state index is 12.6. The van der Waals surface area contributed by atoms with Crippen molar-refractivity contribution in [3.05, 3.63) is 48.2 Å². The number of hydrogen-bond acceptors (Lipinski definition) is 2. The van der Waals surface area contributed by atoms with Crippen LogP contribution in [-0.4, -0.2) is 14.7 Å². The highest BCUT2D eigenvalue weighted by atomic mass is 32.2. The molecule has 1 heterocycles. The van der Waals surface area contributed by atoms with E-state index in [2.05, 4.69) is 0 Å². The standard InChI is InChI=1S/C16H19NO2S/c1-12(2)11-15(18)17-10-4-5-16(17)20(19)14-8-6-13(3)7-9-14/h4-10,12H,11H2,1-3H3. The molecule has 0 saturated carbocycles. The summed E-state index contributed by atoms with van der Waals surface area (Å²) in [6, 6.07) is 11.0. The maximum absolute atomic E-state index is 12.6. The van der Waals surface area contributed by atoms with E-state index in [9.17, 15) is 9.00 Å². The van der Waals surface area contributed by atoms with E-state index in [0.29, 0.717) is 16.3 Å². The largest absolute Gasteiger partial charge is 0.279 e. The SMILES string of the molecule is Cc1ccc(S(=O)c2cccn2C(=O)CC(C)C)cc1. The first kappa shape index (κ1) is 14.7. The molecule has 0 aliphatic heterocycles. The summed E-state index contributed by atoms with van der Waals surface area (Å²) in [6.45, 7) is 5.98. The smallest absolute Gasteiger partial charge is 0.231 e. The molecule has 0 aliphatic rings. The molecule has 0 fully saturated rings. The molecule has 0 aliphatic carbocycles. The van der Waals surface area contributed by atoms with Crippen LogP contribution in [0.2, 0.25) is 0 Å². The Kier molecular flexibility index (Phi) is 4.55. The van der Waals surface area contributed by atoms with Crippen LogP contribution >= 0.6 is 0 Å². The minimum atomic E-state index is -1.33. The molecule has 1 aromatic carbocycles. The molecule has 1 atom stereocenters. The summed E-state index contributed by atoms with van der Waals surface area (Å²) < 4.78 is 14.1. The number of hydrogen-bond donors (Lipinski definition) is 0. The van der Waals surface area contributed by atoms with Crippen molar-refractivity contribution in [1.29, 1.82) is 0 Å². The molecule has 20 heavy (non-hydrogen) atoms. The van der Waals surface area contributed by atoms with E-state index in [1.807, 2.05) is 45.0 Å². The molecule has 0 N–H and O–H groups in total. The predicted octanol–water partition coefficient (Wildman–Crippen LogP) is 3.65. The number of carbonyl (C=O) groups is 1. The van der Waals surface area contributed by atoms with Crippen molar-refractivity contribution >= 4 is 16.7 Å². The van der Waals surface area contributed by atoms with Gasteiger partial charge in [0.25, 0.3) is 0 Å². The first-order chi connectivity index (χ1) is 9.49. The van der Waals surface area contributed by atoms with E-state index in [-0.39, 0.29) is 11.8 Å². The third kappa shape index (κ3) is 3.25. The summed E-state index contributed by atoms with van der Waals surface area (Å²) in [5.74, 6) is 0.269. The van der Waals surface area contributed by atoms with Crippen molar-refractivity contribution in [1.82, 2.24) is 4.57 Å². The van der Waals surface area contributed by atoms with Gasteiger partial charge in [0.15, 0.2) is 0 Å². The molecule has 1 unspecified atom stereocenters. The lowest BCUT2D eigenvalue weighted by Crippen LogP contribution is -2.15. The second kappa shape index (κ2) is 6.18. The zero-order valence-electron chi connectivity index (χ0n) is 12.0. The monoisotopic (exact) mass is 289 g/mol. The van der Waals surface area contributed by atoms with E-state index in [1.54, 1.807) is 18.3 Å². The Morgan fingerprint density at radius 1 is 1.20 bits per heavy atom. The molecule has 1 aromatic heterocycles. The minimum Gasteiger partial charge on any atom is -0.279 e. The second-order valence-electron chi connectivity index (χ2n) is 5.29. The average Bonchev–Trinajstić information content (AvgIpc) is 2.87. The Labute approximate surface area is 122 Å². The van der Waals surface area contributed by atoms with Gasteiger partial charge >= 0.3 is 0 Å². The van der Waals surface area contributed by atoms with E-state index >= 15 is 0 Å². The third-order valence-electron chi connectivity index (χ3n) is 2.99. The highest BCUT2D eigenvalue weighted by Gasteiger charge is 2.16. The van der Waals surface area contributed by atoms with Crippen LogP contribution in [0.25, 0.3) is 0 Å². The molecule has 2 aromatic rings. The fraction of sp³-hybridized carbons (Fsp3) is 0.312. The number of benzene rings is 1. The molecule has 0 saturated heterocycles. The Bertz CT molecular complexity index is 626. The zero-order valence-corrected chi connectivity index (χ0v) is 12.8. The average molecular weight is 289 g/mol. The van der Waals surface area contributed by atoms with Gasteiger partial charge in [-0.2, -0.15) is 0 Å². The van der Waals surface area contributed by atoms with Gasteiger partial charge in [0.1, 0.15) is 15.8 Å². The Morgan fingerprint density at radius 2 is 1.85 bits per heavy atom. The fourth-order valence-corrected chi connectivity index (χ4v) is 3.12. The lowest BCUT2D eigenvalue weighted by molar-refractivity contribution is 0.0877. The first-order valence-electron chi connectivity index (χ1n) is 6.68. The van der Waals surface area contributed by atoms with Crippen LogP contribution in [0.5, 0.6) is 0 Å². The van der Waals surface area contributed by atoms with Crippen molar-refractivity contribution in [3.8, 4) is 0 Å². The summed E-state index contributed by atoms with van der Waals surface area (Å²) in [6.07, 6.45) is 2.14. The summed E-state index contributed by atoms with van der Waals surface area (Å²) in [5, 5.41) is 0.541. The summed E-state index contributed by atoms with van der Waals surface area (Å²) >= 11 is 0. The predicted molar refractivity (Wildman–Crippen MR) is 80.4 cm³/mol. The minimum absolute atomic E-state index is 0.0135. The molecular weight excluding hydrogens is 270 g/mol. The third-order valence-corrected chi connectivity index (χ3v) is 4.40. The second-order valence-corrected chi connectivity index (χ2v) is 6.72. The highest BCUT2D eigenvalue weighted by molar-refractivity contribution is 7.85. The molecular formula is C16H19NO2S. The summed E-state index contributed by atoms with van der Waals surface area (Å²) in [7, 11) is -1.33. The van der Waals surface area contributed by atoms with Crippen molar-refractivity contribution in [3.63, 3.8) is 0 Å². The molecule has 2 rings (SSSR count). The van der Waals surface area contributed by atoms with Gasteiger partial charge in [-0.3, -0.25) is 9.36 Å². The molecule has 0 amide bonds. The summed E-state index contributed by atoms with van der Waals surface area (Å²) in [5.41, 5.74) is 1.12. The van der Waals surface area contributed by atoms with Crippen molar-refractivity contribution in [2.75, 3.05) is 0 Å². The lowest BCUT2D eigenvalue weighted by atomic mass is 10.1. The van der Waals surface area contributed by atoms with Crippen LogP contribution in [0.15, 0.2) is 52.5 Å². The Morgan fingerprint density at radius 3 is 2.45 bits per heavy atom. The summed E-state index contributed by atoms with van der Waals surface area (Å²) in [4.78, 5) is 12.9. The van der Waals surface area contributed by atoms with E-state index < -0.39 is 10.8 Å². The van der Waals surface area contributed by atoms with Gasteiger partial charge < -0.3 is 0 Å². The quantitative estimate of drug-likeness (QED) is 0.862.